The third-order valence-corrected chi connectivity index (χ3v) is 7.60. The number of carbonyl (C=O) groups excluding carboxylic acids is 1. The lowest BCUT2D eigenvalue weighted by molar-refractivity contribution is 0.0461. The maximum atomic E-state index is 12.4. The van der Waals surface area contributed by atoms with Gasteiger partial charge in [-0.05, 0) is 18.2 Å². The molecule has 0 saturated carbocycles. The summed E-state index contributed by atoms with van der Waals surface area (Å²) in [5, 5.41) is 20.9. The van der Waals surface area contributed by atoms with Gasteiger partial charge in [0.1, 0.15) is 26.5 Å². The van der Waals surface area contributed by atoms with Crippen molar-refractivity contribution in [1.29, 1.82) is 0 Å². The van der Waals surface area contributed by atoms with Crippen LogP contribution in [0, 0.1) is 5.21 Å². The summed E-state index contributed by atoms with van der Waals surface area (Å²) in [6.45, 7) is -0.197. The Morgan fingerprint density at radius 2 is 2.10 bits per heavy atom. The minimum Gasteiger partial charge on any atom is -0.759 e. The molecular formula is C16H13Cl2N4O6S2-. The highest BCUT2D eigenvalue weighted by Crippen LogP contribution is 2.35. The minimum absolute atomic E-state index is 0.0162. The number of carbonyl (C=O) groups is 1. The summed E-state index contributed by atoms with van der Waals surface area (Å²) in [5.41, 5.74) is 1.92. The van der Waals surface area contributed by atoms with Crippen LogP contribution in [0.25, 0.3) is 0 Å². The van der Waals surface area contributed by atoms with Crippen LogP contribution < -0.4 is 10.2 Å². The van der Waals surface area contributed by atoms with Gasteiger partial charge in [0.05, 0.1) is 22.6 Å². The molecule has 14 heteroatoms. The van der Waals surface area contributed by atoms with E-state index in [2.05, 4.69) is 9.71 Å². The number of halogens is 2. The van der Waals surface area contributed by atoms with Crippen LogP contribution in [-0.4, -0.2) is 29.0 Å². The Kier molecular flexibility index (Phi) is 6.43. The standard InChI is InChI=1S/C16H13Cl2N4O6S2/c1-22-9(6-19-16(22)20-25)7-28-15(24)10-3-2-8(4-12(10)23)21-30(26,27)13-5-11(17)14(18)29-13/h2-6H,7H2,1H3,(H3-,19,20,21,23,24,25)/q-1. The van der Waals surface area contributed by atoms with E-state index in [1.54, 1.807) is 12.5 Å². The first-order valence-corrected chi connectivity index (χ1v) is 11.0. The largest absolute Gasteiger partial charge is 0.759 e. The van der Waals surface area contributed by atoms with E-state index in [0.717, 1.165) is 17.4 Å². The molecule has 0 aliphatic heterocycles. The van der Waals surface area contributed by atoms with Gasteiger partial charge in [-0.2, -0.15) is 0 Å². The molecule has 2 heterocycles. The maximum Gasteiger partial charge on any atom is 0.342 e. The monoisotopic (exact) mass is 491 g/mol. The molecular weight excluding hydrogens is 479 g/mol. The van der Waals surface area contributed by atoms with Crippen LogP contribution in [0.2, 0.25) is 9.36 Å². The molecule has 0 amide bonds. The van der Waals surface area contributed by atoms with Crippen LogP contribution in [-0.2, 0) is 28.4 Å². The molecule has 30 heavy (non-hydrogen) atoms. The molecule has 0 fully saturated rings. The van der Waals surface area contributed by atoms with Gasteiger partial charge in [-0.1, -0.05) is 23.2 Å². The van der Waals surface area contributed by atoms with Crippen molar-refractivity contribution in [2.45, 2.75) is 10.8 Å². The third kappa shape index (κ3) is 4.63. The fraction of sp³-hybridized carbons (Fsp3) is 0.125. The minimum atomic E-state index is -3.98. The second-order valence-corrected chi connectivity index (χ2v) is 9.81. The lowest BCUT2D eigenvalue weighted by Crippen LogP contribution is -2.12. The Balaban J connectivity index is 1.71. The molecule has 3 aromatic rings. The number of nitrogens with zero attached hydrogens (tertiary/aromatic N) is 2. The van der Waals surface area contributed by atoms with Gasteiger partial charge in [-0.15, -0.1) is 11.3 Å². The van der Waals surface area contributed by atoms with Crippen molar-refractivity contribution in [3.05, 3.63) is 56.3 Å². The van der Waals surface area contributed by atoms with E-state index in [9.17, 15) is 23.5 Å². The molecule has 0 atom stereocenters. The number of nitrogens with one attached hydrogen (secondary N) is 2. The Bertz CT molecular complexity index is 1190. The number of anilines is 2. The predicted octanol–water partition coefficient (Wildman–Crippen LogP) is 3.56. The van der Waals surface area contributed by atoms with Gasteiger partial charge < -0.3 is 25.1 Å². The molecule has 0 saturated heterocycles. The van der Waals surface area contributed by atoms with Gasteiger partial charge in [-0.3, -0.25) is 4.72 Å². The Morgan fingerprint density at radius 3 is 2.67 bits per heavy atom. The molecule has 1 aromatic carbocycles. The van der Waals surface area contributed by atoms with Crippen molar-refractivity contribution in [1.82, 2.24) is 9.55 Å². The molecule has 0 aliphatic carbocycles. The molecule has 0 aliphatic rings. The lowest BCUT2D eigenvalue weighted by Gasteiger charge is -2.11. The van der Waals surface area contributed by atoms with E-state index < -0.39 is 21.7 Å². The fourth-order valence-corrected chi connectivity index (χ4v) is 5.25. The Hall–Kier alpha value is -2.51. The number of esters is 1. The second kappa shape index (κ2) is 8.70. The number of hydrogen-bond acceptors (Lipinski definition) is 9. The zero-order valence-electron chi connectivity index (χ0n) is 15.0. The number of ether oxygens (including phenoxy) is 1. The molecule has 10 nitrogen and oxygen atoms in total. The first-order valence-electron chi connectivity index (χ1n) is 7.99. The summed E-state index contributed by atoms with van der Waals surface area (Å²) >= 11 is 12.4. The molecule has 160 valence electrons. The topological polar surface area (TPSA) is 146 Å². The number of hydrogen-bond donors (Lipinski definition) is 3. The average molecular weight is 492 g/mol. The first-order chi connectivity index (χ1) is 14.1. The molecule has 0 radical (unpaired) electrons. The lowest BCUT2D eigenvalue weighted by atomic mass is 10.2. The number of sulfonamides is 1. The van der Waals surface area contributed by atoms with Gasteiger partial charge in [-0.25, -0.2) is 18.2 Å². The van der Waals surface area contributed by atoms with Crippen molar-refractivity contribution in [3.8, 4) is 5.75 Å². The number of aromatic hydroxyl groups is 1. The van der Waals surface area contributed by atoms with E-state index in [1.165, 1.54) is 29.0 Å². The third-order valence-electron chi connectivity index (χ3n) is 3.88. The van der Waals surface area contributed by atoms with Crippen LogP contribution >= 0.6 is 34.5 Å². The Morgan fingerprint density at radius 1 is 1.37 bits per heavy atom. The summed E-state index contributed by atoms with van der Waals surface area (Å²) in [4.78, 5) is 16.0. The summed E-state index contributed by atoms with van der Waals surface area (Å²) in [7, 11) is -2.43. The second-order valence-electron chi connectivity index (χ2n) is 5.83. The molecule has 0 spiro atoms. The number of thiophene rings is 1. The summed E-state index contributed by atoms with van der Waals surface area (Å²) < 4.78 is 33.6. The Labute approximate surface area is 184 Å². The van der Waals surface area contributed by atoms with Crippen LogP contribution in [0.4, 0.5) is 11.6 Å². The number of phenolic OH excluding ortho intramolecular Hbond substituents is 1. The summed E-state index contributed by atoms with van der Waals surface area (Å²) in [5.74, 6) is -1.29. The quantitative estimate of drug-likeness (QED) is 0.335. The fourth-order valence-electron chi connectivity index (χ4n) is 2.32. The highest BCUT2D eigenvalue weighted by molar-refractivity contribution is 7.94. The summed E-state index contributed by atoms with van der Waals surface area (Å²) in [6, 6.07) is 4.76. The van der Waals surface area contributed by atoms with Crippen molar-refractivity contribution in [2.75, 3.05) is 10.2 Å². The van der Waals surface area contributed by atoms with Gasteiger partial charge in [0.15, 0.2) is 5.95 Å². The average Bonchev–Trinajstić information content (AvgIpc) is 3.21. The first kappa shape index (κ1) is 22.2. The van der Waals surface area contributed by atoms with Gasteiger partial charge in [0.25, 0.3) is 10.0 Å². The zero-order valence-corrected chi connectivity index (χ0v) is 18.2. The highest BCUT2D eigenvalue weighted by Gasteiger charge is 2.21. The van der Waals surface area contributed by atoms with E-state index in [0.29, 0.717) is 5.69 Å². The van der Waals surface area contributed by atoms with E-state index >= 15 is 0 Å². The van der Waals surface area contributed by atoms with E-state index in [-0.39, 0.29) is 37.4 Å². The highest BCUT2D eigenvalue weighted by atomic mass is 35.5. The number of imidazole rings is 1. The van der Waals surface area contributed by atoms with Crippen molar-refractivity contribution in [2.24, 2.45) is 7.05 Å². The van der Waals surface area contributed by atoms with Crippen LogP contribution in [0.5, 0.6) is 5.75 Å². The van der Waals surface area contributed by atoms with Crippen LogP contribution in [0.15, 0.2) is 34.7 Å². The van der Waals surface area contributed by atoms with Gasteiger partial charge in [0.2, 0.25) is 0 Å². The smallest absolute Gasteiger partial charge is 0.342 e. The normalized spacial score (nSPS) is 11.3. The maximum absolute atomic E-state index is 12.4. The number of phenols is 1. The zero-order chi connectivity index (χ0) is 22.1. The van der Waals surface area contributed by atoms with Gasteiger partial charge >= 0.3 is 5.97 Å². The van der Waals surface area contributed by atoms with Crippen molar-refractivity contribution >= 4 is 62.2 Å². The molecule has 0 unspecified atom stereocenters. The summed E-state index contributed by atoms with van der Waals surface area (Å²) in [6.07, 6.45) is 1.36. The SMILES string of the molecule is Cn1c(COC(=O)c2ccc(NS(=O)(=O)c3cc(Cl)c(Cl)s3)cc2O)cnc1N[O-]. The number of rotatable bonds is 7. The van der Waals surface area contributed by atoms with Crippen LogP contribution in [0.3, 0.4) is 0 Å². The van der Waals surface area contributed by atoms with E-state index in [1.807, 2.05) is 0 Å². The number of aromatic nitrogens is 2. The van der Waals surface area contributed by atoms with Crippen molar-refractivity contribution < 1.29 is 23.1 Å². The van der Waals surface area contributed by atoms with Crippen LogP contribution in [0.1, 0.15) is 16.1 Å². The number of benzene rings is 1. The van der Waals surface area contributed by atoms with E-state index in [4.69, 9.17) is 27.9 Å². The molecule has 3 rings (SSSR count). The molecule has 0 bridgehead atoms. The van der Waals surface area contributed by atoms with Gasteiger partial charge in [0, 0.05) is 13.1 Å². The van der Waals surface area contributed by atoms with Crippen molar-refractivity contribution in [3.63, 3.8) is 0 Å². The molecule has 3 N–H and O–H groups in total. The molecule has 2 aromatic heterocycles. The predicted molar refractivity (Wildman–Crippen MR) is 113 cm³/mol.